The van der Waals surface area contributed by atoms with E-state index in [2.05, 4.69) is 22.0 Å². The van der Waals surface area contributed by atoms with Gasteiger partial charge in [-0.25, -0.2) is 4.39 Å². The van der Waals surface area contributed by atoms with Crippen LogP contribution in [0.5, 0.6) is 5.75 Å². The Kier molecular flexibility index (Phi) is 5.71. The van der Waals surface area contributed by atoms with Crippen LogP contribution in [0.25, 0.3) is 0 Å². The van der Waals surface area contributed by atoms with Gasteiger partial charge in [0.2, 0.25) is 0 Å². The van der Waals surface area contributed by atoms with Crippen LogP contribution in [0, 0.1) is 5.82 Å². The van der Waals surface area contributed by atoms with E-state index in [9.17, 15) is 9.18 Å². The van der Waals surface area contributed by atoms with E-state index >= 15 is 0 Å². The number of nitrogens with zero attached hydrogens (tertiary/aromatic N) is 1. The third kappa shape index (κ3) is 4.19. The van der Waals surface area contributed by atoms with Gasteiger partial charge in [-0.2, -0.15) is 0 Å². The molecule has 6 heteroatoms. The van der Waals surface area contributed by atoms with E-state index < -0.39 is 5.82 Å². The molecule has 2 aromatic rings. The van der Waals surface area contributed by atoms with E-state index in [1.807, 2.05) is 12.1 Å². The number of quaternary nitrogens is 1. The lowest BCUT2D eigenvalue weighted by Gasteiger charge is -2.32. The molecule has 1 fully saturated rings. The second-order valence-electron chi connectivity index (χ2n) is 6.15. The molecule has 1 N–H and O–H groups in total. The second kappa shape index (κ2) is 7.97. The topological polar surface area (TPSA) is 34.0 Å². The van der Waals surface area contributed by atoms with Gasteiger partial charge in [-0.15, -0.1) is 0 Å². The minimum Gasteiger partial charge on any atom is -0.496 e. The van der Waals surface area contributed by atoms with Gasteiger partial charge in [-0.3, -0.25) is 4.79 Å². The molecule has 25 heavy (non-hydrogen) atoms. The number of ether oxygens (including phenoxy) is 1. The summed E-state index contributed by atoms with van der Waals surface area (Å²) in [6, 6.07) is 12.1. The standard InChI is InChI=1S/C19H20BrFN2O2/c1-25-18-7-6-15(20)12-14(18)13-22-8-10-23(11-9-22)19(24)16-4-2-3-5-17(16)21/h2-7,12H,8-11,13H2,1H3/p+1. The fraction of sp³-hybridized carbons (Fsp3) is 0.316. The van der Waals surface area contributed by atoms with Crippen molar-refractivity contribution < 1.29 is 18.8 Å². The van der Waals surface area contributed by atoms with Crippen molar-refractivity contribution in [3.05, 3.63) is 63.9 Å². The highest BCUT2D eigenvalue weighted by molar-refractivity contribution is 9.10. The Morgan fingerprint density at radius 1 is 1.24 bits per heavy atom. The predicted molar refractivity (Wildman–Crippen MR) is 97.4 cm³/mol. The first kappa shape index (κ1) is 17.9. The molecule has 1 amide bonds. The van der Waals surface area contributed by atoms with Crippen molar-refractivity contribution in [2.45, 2.75) is 6.54 Å². The van der Waals surface area contributed by atoms with Crippen LogP contribution in [0.2, 0.25) is 0 Å². The molecule has 0 saturated carbocycles. The lowest BCUT2D eigenvalue weighted by atomic mass is 10.1. The van der Waals surface area contributed by atoms with Gasteiger partial charge < -0.3 is 14.5 Å². The largest absolute Gasteiger partial charge is 0.496 e. The number of hydrogen-bond donors (Lipinski definition) is 1. The molecule has 0 spiro atoms. The average molecular weight is 408 g/mol. The number of benzene rings is 2. The summed E-state index contributed by atoms with van der Waals surface area (Å²) >= 11 is 3.50. The minimum absolute atomic E-state index is 0.152. The van der Waals surface area contributed by atoms with Crippen LogP contribution in [0.1, 0.15) is 15.9 Å². The summed E-state index contributed by atoms with van der Waals surface area (Å²) in [6.07, 6.45) is 0. The monoisotopic (exact) mass is 407 g/mol. The van der Waals surface area contributed by atoms with E-state index in [0.717, 1.165) is 35.4 Å². The van der Waals surface area contributed by atoms with E-state index in [-0.39, 0.29) is 11.5 Å². The molecule has 132 valence electrons. The van der Waals surface area contributed by atoms with Crippen molar-refractivity contribution in [3.63, 3.8) is 0 Å². The first-order valence-corrected chi connectivity index (χ1v) is 9.07. The summed E-state index contributed by atoms with van der Waals surface area (Å²) in [6.45, 7) is 3.74. The van der Waals surface area contributed by atoms with Crippen LogP contribution in [0.3, 0.4) is 0 Å². The average Bonchev–Trinajstić information content (AvgIpc) is 2.62. The number of carbonyl (C=O) groups excluding carboxylic acids is 1. The van der Waals surface area contributed by atoms with E-state index in [4.69, 9.17) is 4.74 Å². The lowest BCUT2D eigenvalue weighted by molar-refractivity contribution is -0.917. The smallest absolute Gasteiger partial charge is 0.257 e. The van der Waals surface area contributed by atoms with Gasteiger partial charge in [-0.1, -0.05) is 28.1 Å². The molecular formula is C19H21BrFN2O2+. The third-order valence-electron chi connectivity index (χ3n) is 4.54. The van der Waals surface area contributed by atoms with Crippen LogP contribution in [-0.2, 0) is 6.54 Å². The van der Waals surface area contributed by atoms with Crippen LogP contribution < -0.4 is 9.64 Å². The molecule has 0 unspecified atom stereocenters. The Morgan fingerprint density at radius 2 is 1.96 bits per heavy atom. The quantitative estimate of drug-likeness (QED) is 0.842. The molecule has 1 saturated heterocycles. The normalized spacial score (nSPS) is 15.2. The van der Waals surface area contributed by atoms with Crippen molar-refractivity contribution in [1.82, 2.24) is 4.90 Å². The number of carbonyl (C=O) groups is 1. The molecule has 0 radical (unpaired) electrons. The maximum Gasteiger partial charge on any atom is 0.257 e. The Labute approximate surface area is 155 Å². The fourth-order valence-electron chi connectivity index (χ4n) is 3.16. The second-order valence-corrected chi connectivity index (χ2v) is 7.07. The molecule has 0 bridgehead atoms. The molecule has 2 aromatic carbocycles. The highest BCUT2D eigenvalue weighted by Gasteiger charge is 2.26. The number of hydrogen-bond acceptors (Lipinski definition) is 2. The zero-order valence-electron chi connectivity index (χ0n) is 14.1. The van der Waals surface area contributed by atoms with Gasteiger partial charge in [0, 0.05) is 10.0 Å². The summed E-state index contributed by atoms with van der Waals surface area (Å²) in [7, 11) is 1.67. The molecule has 1 aliphatic rings. The Balaban J connectivity index is 1.62. The molecule has 0 aromatic heterocycles. The zero-order valence-corrected chi connectivity index (χ0v) is 15.7. The molecule has 1 heterocycles. The summed E-state index contributed by atoms with van der Waals surface area (Å²) in [4.78, 5) is 15.6. The fourth-order valence-corrected chi connectivity index (χ4v) is 3.57. The summed E-state index contributed by atoms with van der Waals surface area (Å²) in [5.41, 5.74) is 1.29. The highest BCUT2D eigenvalue weighted by atomic mass is 79.9. The van der Waals surface area contributed by atoms with Crippen molar-refractivity contribution >= 4 is 21.8 Å². The van der Waals surface area contributed by atoms with Crippen LogP contribution in [0.15, 0.2) is 46.9 Å². The number of halogens is 2. The maximum absolute atomic E-state index is 13.8. The zero-order chi connectivity index (χ0) is 17.8. The van der Waals surface area contributed by atoms with Crippen molar-refractivity contribution in [1.29, 1.82) is 0 Å². The SMILES string of the molecule is COc1ccc(Br)cc1C[NH+]1CCN(C(=O)c2ccccc2F)CC1. The van der Waals surface area contributed by atoms with Crippen molar-refractivity contribution in [3.8, 4) is 5.75 Å². The van der Waals surface area contributed by atoms with Crippen LogP contribution in [-0.4, -0.2) is 44.1 Å². The van der Waals surface area contributed by atoms with Crippen molar-refractivity contribution in [2.75, 3.05) is 33.3 Å². The summed E-state index contributed by atoms with van der Waals surface area (Å²) < 4.78 is 20.3. The Hall–Kier alpha value is -1.92. The number of amides is 1. The van der Waals surface area contributed by atoms with Gasteiger partial charge >= 0.3 is 0 Å². The third-order valence-corrected chi connectivity index (χ3v) is 5.04. The molecule has 0 atom stereocenters. The molecule has 4 nitrogen and oxygen atoms in total. The highest BCUT2D eigenvalue weighted by Crippen LogP contribution is 2.22. The maximum atomic E-state index is 13.8. The van der Waals surface area contributed by atoms with Crippen LogP contribution in [0.4, 0.5) is 4.39 Å². The first-order valence-electron chi connectivity index (χ1n) is 8.28. The molecule has 1 aliphatic heterocycles. The van der Waals surface area contributed by atoms with Crippen molar-refractivity contribution in [2.24, 2.45) is 0 Å². The lowest BCUT2D eigenvalue weighted by Crippen LogP contribution is -3.13. The first-order chi connectivity index (χ1) is 12.1. The van der Waals surface area contributed by atoms with Crippen LogP contribution >= 0.6 is 15.9 Å². The molecular weight excluding hydrogens is 387 g/mol. The van der Waals surface area contributed by atoms with Gasteiger partial charge in [0.1, 0.15) is 18.1 Å². The van der Waals surface area contributed by atoms with Gasteiger partial charge in [0.05, 0.1) is 38.9 Å². The van der Waals surface area contributed by atoms with Gasteiger partial charge in [0.15, 0.2) is 0 Å². The van der Waals surface area contributed by atoms with Gasteiger partial charge in [0.25, 0.3) is 5.91 Å². The minimum atomic E-state index is -0.457. The Morgan fingerprint density at radius 3 is 2.64 bits per heavy atom. The van der Waals surface area contributed by atoms with Gasteiger partial charge in [-0.05, 0) is 30.3 Å². The number of rotatable bonds is 4. The number of piperazine rings is 1. The number of methoxy groups -OCH3 is 1. The summed E-state index contributed by atoms with van der Waals surface area (Å²) in [5, 5.41) is 0. The Bertz CT molecular complexity index is 761. The van der Waals surface area contributed by atoms with E-state index in [1.165, 1.54) is 11.0 Å². The van der Waals surface area contributed by atoms with E-state index in [0.29, 0.717) is 13.1 Å². The molecule has 0 aliphatic carbocycles. The predicted octanol–water partition coefficient (Wildman–Crippen LogP) is 2.14. The number of nitrogens with one attached hydrogen (secondary N) is 1. The summed E-state index contributed by atoms with van der Waals surface area (Å²) in [5.74, 6) is 0.193. The van der Waals surface area contributed by atoms with E-state index in [1.54, 1.807) is 30.2 Å². The molecule has 3 rings (SSSR count).